The van der Waals surface area contributed by atoms with Crippen LogP contribution in [-0.2, 0) is 0 Å². The van der Waals surface area contributed by atoms with E-state index in [4.69, 9.17) is 10.8 Å². The van der Waals surface area contributed by atoms with Crippen LogP contribution in [0.1, 0.15) is 23.2 Å². The van der Waals surface area contributed by atoms with Gasteiger partial charge >= 0.3 is 0 Å². The van der Waals surface area contributed by atoms with Crippen molar-refractivity contribution in [3.8, 4) is 0 Å². The standard InChI is InChI=1S/C11H15FN2O2/c12-9-7-8(3-4-10(9)13)11(16)14-5-1-2-6-15/h3-4,7,15H,1-2,5-6,13H2,(H,14,16). The summed E-state index contributed by atoms with van der Waals surface area (Å²) in [4.78, 5) is 11.5. The molecular weight excluding hydrogens is 211 g/mol. The SMILES string of the molecule is Nc1ccc(C(=O)NCCCCO)cc1F. The number of nitrogen functional groups attached to an aromatic ring is 1. The highest BCUT2D eigenvalue weighted by atomic mass is 19.1. The highest BCUT2D eigenvalue weighted by Crippen LogP contribution is 2.11. The van der Waals surface area contributed by atoms with Crippen LogP contribution in [0.4, 0.5) is 10.1 Å². The van der Waals surface area contributed by atoms with Crippen molar-refractivity contribution >= 4 is 11.6 Å². The predicted octanol–water partition coefficient (Wildman–Crippen LogP) is 0.910. The second-order valence-corrected chi connectivity index (χ2v) is 3.42. The number of aliphatic hydroxyl groups is 1. The smallest absolute Gasteiger partial charge is 0.251 e. The molecule has 5 heteroatoms. The molecule has 4 nitrogen and oxygen atoms in total. The maximum atomic E-state index is 13.0. The minimum Gasteiger partial charge on any atom is -0.396 e. The highest BCUT2D eigenvalue weighted by molar-refractivity contribution is 5.94. The number of hydrogen-bond donors (Lipinski definition) is 3. The van der Waals surface area contributed by atoms with Gasteiger partial charge in [0.2, 0.25) is 0 Å². The molecule has 4 N–H and O–H groups in total. The molecule has 0 aliphatic heterocycles. The number of aliphatic hydroxyl groups excluding tert-OH is 1. The van der Waals surface area contributed by atoms with Crippen molar-refractivity contribution in [3.63, 3.8) is 0 Å². The molecular formula is C11H15FN2O2. The number of nitrogens with one attached hydrogen (secondary N) is 1. The van der Waals surface area contributed by atoms with Gasteiger partial charge in [-0.1, -0.05) is 0 Å². The largest absolute Gasteiger partial charge is 0.396 e. The minimum atomic E-state index is -0.594. The summed E-state index contributed by atoms with van der Waals surface area (Å²) < 4.78 is 13.0. The Morgan fingerprint density at radius 1 is 1.44 bits per heavy atom. The van der Waals surface area contributed by atoms with Gasteiger partial charge in [0.05, 0.1) is 5.69 Å². The fraction of sp³-hybridized carbons (Fsp3) is 0.364. The van der Waals surface area contributed by atoms with Gasteiger partial charge < -0.3 is 16.2 Å². The zero-order valence-corrected chi connectivity index (χ0v) is 8.87. The minimum absolute atomic E-state index is 0.0248. The van der Waals surface area contributed by atoms with Crippen LogP contribution in [0.5, 0.6) is 0 Å². The first-order valence-corrected chi connectivity index (χ1v) is 5.09. The molecule has 1 aromatic carbocycles. The summed E-state index contributed by atoms with van der Waals surface area (Å²) >= 11 is 0. The van der Waals surface area contributed by atoms with Gasteiger partial charge in [0.25, 0.3) is 5.91 Å². The molecule has 0 saturated carbocycles. The third kappa shape index (κ3) is 3.51. The van der Waals surface area contributed by atoms with Gasteiger partial charge in [-0.3, -0.25) is 4.79 Å². The molecule has 0 aromatic heterocycles. The molecule has 0 unspecified atom stereocenters. The average Bonchev–Trinajstić information content (AvgIpc) is 2.28. The van der Waals surface area contributed by atoms with Crippen molar-refractivity contribution in [3.05, 3.63) is 29.6 Å². The Labute approximate surface area is 93.3 Å². The van der Waals surface area contributed by atoms with Crippen LogP contribution in [0.15, 0.2) is 18.2 Å². The van der Waals surface area contributed by atoms with E-state index in [-0.39, 0.29) is 23.8 Å². The first-order chi connectivity index (χ1) is 7.65. The molecule has 0 aliphatic rings. The molecule has 88 valence electrons. The highest BCUT2D eigenvalue weighted by Gasteiger charge is 2.07. The van der Waals surface area contributed by atoms with E-state index >= 15 is 0 Å². The molecule has 1 amide bonds. The number of anilines is 1. The van der Waals surface area contributed by atoms with Gasteiger partial charge in [-0.15, -0.1) is 0 Å². The van der Waals surface area contributed by atoms with E-state index < -0.39 is 5.82 Å². The molecule has 0 bridgehead atoms. The van der Waals surface area contributed by atoms with Gasteiger partial charge in [0.1, 0.15) is 5.82 Å². The predicted molar refractivity (Wildman–Crippen MR) is 59.5 cm³/mol. The number of nitrogens with two attached hydrogens (primary N) is 1. The van der Waals surface area contributed by atoms with Crippen molar-refractivity contribution in [2.75, 3.05) is 18.9 Å². The molecule has 0 spiro atoms. The number of benzene rings is 1. The summed E-state index contributed by atoms with van der Waals surface area (Å²) in [5.74, 6) is -0.931. The zero-order valence-electron chi connectivity index (χ0n) is 8.87. The van der Waals surface area contributed by atoms with E-state index in [0.717, 1.165) is 6.07 Å². The van der Waals surface area contributed by atoms with E-state index in [1.165, 1.54) is 12.1 Å². The van der Waals surface area contributed by atoms with Crippen LogP contribution in [-0.4, -0.2) is 24.2 Å². The Bertz CT molecular complexity index is 369. The molecule has 0 heterocycles. The van der Waals surface area contributed by atoms with Crippen molar-refractivity contribution in [1.29, 1.82) is 0 Å². The maximum Gasteiger partial charge on any atom is 0.251 e. The Hall–Kier alpha value is -1.62. The third-order valence-corrected chi connectivity index (χ3v) is 2.13. The van der Waals surface area contributed by atoms with Gasteiger partial charge in [-0.2, -0.15) is 0 Å². The molecule has 0 radical (unpaired) electrons. The van der Waals surface area contributed by atoms with Gasteiger partial charge in [-0.25, -0.2) is 4.39 Å². The Kier molecular flexibility index (Phi) is 4.72. The molecule has 1 rings (SSSR count). The van der Waals surface area contributed by atoms with Crippen LogP contribution in [0.3, 0.4) is 0 Å². The van der Waals surface area contributed by atoms with Gasteiger partial charge in [0.15, 0.2) is 0 Å². The fourth-order valence-electron chi connectivity index (χ4n) is 1.21. The second kappa shape index (κ2) is 6.07. The Morgan fingerprint density at radius 3 is 2.81 bits per heavy atom. The molecule has 0 atom stereocenters. The van der Waals surface area contributed by atoms with Crippen LogP contribution in [0.2, 0.25) is 0 Å². The molecule has 16 heavy (non-hydrogen) atoms. The number of rotatable bonds is 5. The lowest BCUT2D eigenvalue weighted by molar-refractivity contribution is 0.0951. The van der Waals surface area contributed by atoms with E-state index in [1.807, 2.05) is 0 Å². The van der Waals surface area contributed by atoms with Crippen molar-refractivity contribution < 1.29 is 14.3 Å². The number of amides is 1. The summed E-state index contributed by atoms with van der Waals surface area (Å²) in [6, 6.07) is 3.94. The zero-order chi connectivity index (χ0) is 12.0. The average molecular weight is 226 g/mol. The van der Waals surface area contributed by atoms with Crippen LogP contribution in [0, 0.1) is 5.82 Å². The van der Waals surface area contributed by atoms with E-state index in [1.54, 1.807) is 0 Å². The van der Waals surface area contributed by atoms with Crippen LogP contribution in [0.25, 0.3) is 0 Å². The molecule has 0 saturated heterocycles. The van der Waals surface area contributed by atoms with Crippen LogP contribution >= 0.6 is 0 Å². The monoisotopic (exact) mass is 226 g/mol. The molecule has 1 aromatic rings. The second-order valence-electron chi connectivity index (χ2n) is 3.42. The number of carbonyl (C=O) groups is 1. The summed E-state index contributed by atoms with van der Waals surface area (Å²) in [6.07, 6.45) is 1.33. The summed E-state index contributed by atoms with van der Waals surface area (Å²) in [6.45, 7) is 0.567. The van der Waals surface area contributed by atoms with Crippen molar-refractivity contribution in [1.82, 2.24) is 5.32 Å². The van der Waals surface area contributed by atoms with E-state index in [2.05, 4.69) is 5.32 Å². The Balaban J connectivity index is 2.50. The lowest BCUT2D eigenvalue weighted by atomic mass is 10.2. The first kappa shape index (κ1) is 12.4. The number of carbonyl (C=O) groups excluding carboxylic acids is 1. The molecule has 0 fully saturated rings. The van der Waals surface area contributed by atoms with Crippen LogP contribution < -0.4 is 11.1 Å². The van der Waals surface area contributed by atoms with Gasteiger partial charge in [-0.05, 0) is 31.0 Å². The maximum absolute atomic E-state index is 13.0. The lowest BCUT2D eigenvalue weighted by Crippen LogP contribution is -2.24. The normalized spacial score (nSPS) is 10.1. The quantitative estimate of drug-likeness (QED) is 0.516. The lowest BCUT2D eigenvalue weighted by Gasteiger charge is -2.05. The summed E-state index contributed by atoms with van der Waals surface area (Å²) in [5, 5.41) is 11.2. The van der Waals surface area contributed by atoms with E-state index in [0.29, 0.717) is 19.4 Å². The third-order valence-electron chi connectivity index (χ3n) is 2.13. The Morgan fingerprint density at radius 2 is 2.19 bits per heavy atom. The van der Waals surface area contributed by atoms with Crippen molar-refractivity contribution in [2.24, 2.45) is 0 Å². The number of unbranched alkanes of at least 4 members (excludes halogenated alkanes) is 1. The van der Waals surface area contributed by atoms with Gasteiger partial charge in [0, 0.05) is 18.7 Å². The summed E-state index contributed by atoms with van der Waals surface area (Å²) in [5.41, 5.74) is 5.56. The number of halogens is 1. The van der Waals surface area contributed by atoms with E-state index in [9.17, 15) is 9.18 Å². The topological polar surface area (TPSA) is 75.4 Å². The van der Waals surface area contributed by atoms with Crippen molar-refractivity contribution in [2.45, 2.75) is 12.8 Å². The first-order valence-electron chi connectivity index (χ1n) is 5.09. The number of hydrogen-bond acceptors (Lipinski definition) is 3. The fourth-order valence-corrected chi connectivity index (χ4v) is 1.21. The molecule has 0 aliphatic carbocycles. The summed E-state index contributed by atoms with van der Waals surface area (Å²) in [7, 11) is 0.